The first-order chi connectivity index (χ1) is 11.0. The van der Waals surface area contributed by atoms with Crippen LogP contribution < -0.4 is 5.69 Å². The van der Waals surface area contributed by atoms with Crippen LogP contribution in [0.2, 0.25) is 0 Å². The average Bonchev–Trinajstić information content (AvgIpc) is 3.22. The number of likely N-dealkylation sites (tertiary alicyclic amines) is 1. The van der Waals surface area contributed by atoms with E-state index in [9.17, 15) is 9.59 Å². The maximum atomic E-state index is 12.2. The topological polar surface area (TPSA) is 98.0 Å². The van der Waals surface area contributed by atoms with Gasteiger partial charge in [-0.2, -0.15) is 0 Å². The maximum absolute atomic E-state index is 12.2. The lowest BCUT2D eigenvalue weighted by Gasteiger charge is -2.21. The van der Waals surface area contributed by atoms with Gasteiger partial charge in [0.15, 0.2) is 0 Å². The van der Waals surface area contributed by atoms with Crippen LogP contribution in [0.25, 0.3) is 0 Å². The number of rotatable bonds is 5. The summed E-state index contributed by atoms with van der Waals surface area (Å²) in [6.45, 7) is 5.23. The van der Waals surface area contributed by atoms with E-state index in [4.69, 9.17) is 0 Å². The third kappa shape index (κ3) is 3.67. The van der Waals surface area contributed by atoms with Crippen LogP contribution in [0.1, 0.15) is 27.6 Å². The van der Waals surface area contributed by atoms with E-state index < -0.39 is 5.69 Å². The number of aromatic amines is 2. The van der Waals surface area contributed by atoms with E-state index in [0.717, 1.165) is 25.2 Å². The Morgan fingerprint density at radius 1 is 1.57 bits per heavy atom. The normalized spacial score (nSPS) is 18.0. The standard InChI is InChI=1S/C14H20N6O2S/c1-9-11(23-8-15-9)7-19(2)5-10-3-4-20(6-10)13(21)12-16-14(22)18-17-12/h8,10H,3-7H2,1-2H3,(H2,16,17,18,22). The highest BCUT2D eigenvalue weighted by molar-refractivity contribution is 7.09. The van der Waals surface area contributed by atoms with Crippen molar-refractivity contribution in [1.82, 2.24) is 30.0 Å². The summed E-state index contributed by atoms with van der Waals surface area (Å²) in [5.41, 5.74) is 2.51. The van der Waals surface area contributed by atoms with Crippen molar-refractivity contribution in [3.05, 3.63) is 32.4 Å². The summed E-state index contributed by atoms with van der Waals surface area (Å²) >= 11 is 1.68. The largest absolute Gasteiger partial charge is 0.341 e. The van der Waals surface area contributed by atoms with Crippen LogP contribution in [0, 0.1) is 12.8 Å². The fourth-order valence-electron chi connectivity index (χ4n) is 2.92. The molecule has 2 aromatic rings. The van der Waals surface area contributed by atoms with Gasteiger partial charge in [-0.25, -0.2) is 14.9 Å². The van der Waals surface area contributed by atoms with Gasteiger partial charge in [0.1, 0.15) is 0 Å². The molecular weight excluding hydrogens is 316 g/mol. The van der Waals surface area contributed by atoms with Gasteiger partial charge in [-0.15, -0.1) is 16.4 Å². The van der Waals surface area contributed by atoms with Crippen LogP contribution in [0.5, 0.6) is 0 Å². The molecule has 0 bridgehead atoms. The Labute approximate surface area is 137 Å². The molecule has 3 rings (SSSR count). The minimum atomic E-state index is -0.455. The Morgan fingerprint density at radius 3 is 3.04 bits per heavy atom. The Morgan fingerprint density at radius 2 is 2.39 bits per heavy atom. The molecular formula is C14H20N6O2S. The number of nitrogens with one attached hydrogen (secondary N) is 2. The number of aryl methyl sites for hydroxylation is 1. The van der Waals surface area contributed by atoms with Crippen molar-refractivity contribution in [2.75, 3.05) is 26.7 Å². The van der Waals surface area contributed by atoms with Crippen molar-refractivity contribution in [2.24, 2.45) is 5.92 Å². The molecule has 23 heavy (non-hydrogen) atoms. The van der Waals surface area contributed by atoms with Crippen LogP contribution in [-0.2, 0) is 6.54 Å². The molecule has 1 amide bonds. The summed E-state index contributed by atoms with van der Waals surface area (Å²) in [6.07, 6.45) is 0.965. The Kier molecular flexibility index (Phi) is 4.58. The predicted molar refractivity (Wildman–Crippen MR) is 86.4 cm³/mol. The van der Waals surface area contributed by atoms with Gasteiger partial charge in [-0.3, -0.25) is 9.78 Å². The summed E-state index contributed by atoms with van der Waals surface area (Å²) in [4.78, 5) is 35.3. The predicted octanol–water partition coefficient (Wildman–Crippen LogP) is 0.457. The van der Waals surface area contributed by atoms with Gasteiger partial charge in [0, 0.05) is 31.1 Å². The van der Waals surface area contributed by atoms with Gasteiger partial charge in [-0.1, -0.05) is 0 Å². The highest BCUT2D eigenvalue weighted by Gasteiger charge is 2.29. The molecule has 1 saturated heterocycles. The summed E-state index contributed by atoms with van der Waals surface area (Å²) in [5.74, 6) is 0.305. The number of carbonyl (C=O) groups is 1. The molecule has 1 unspecified atom stereocenters. The molecule has 8 nitrogen and oxygen atoms in total. The van der Waals surface area contributed by atoms with E-state index in [0.29, 0.717) is 19.0 Å². The summed E-state index contributed by atoms with van der Waals surface area (Å²) in [5, 5.41) is 5.93. The third-order valence-corrected chi connectivity index (χ3v) is 5.02. The quantitative estimate of drug-likeness (QED) is 0.826. The lowest BCUT2D eigenvalue weighted by molar-refractivity contribution is 0.0772. The number of amides is 1. The minimum absolute atomic E-state index is 0.0873. The van der Waals surface area contributed by atoms with Crippen LogP contribution in [0.4, 0.5) is 0 Å². The lowest BCUT2D eigenvalue weighted by Crippen LogP contribution is -2.32. The number of aromatic nitrogens is 4. The van der Waals surface area contributed by atoms with Gasteiger partial charge in [0.25, 0.3) is 5.91 Å². The molecule has 0 saturated carbocycles. The van der Waals surface area contributed by atoms with Gasteiger partial charge in [0.05, 0.1) is 11.2 Å². The van der Waals surface area contributed by atoms with Gasteiger partial charge >= 0.3 is 5.69 Å². The first kappa shape index (κ1) is 15.9. The molecule has 1 fully saturated rings. The number of hydrogen-bond donors (Lipinski definition) is 2. The third-order valence-electron chi connectivity index (χ3n) is 4.11. The number of nitrogens with zero attached hydrogens (tertiary/aromatic N) is 4. The van der Waals surface area contributed by atoms with Crippen molar-refractivity contribution in [3.8, 4) is 0 Å². The molecule has 0 aliphatic carbocycles. The number of carbonyl (C=O) groups excluding carboxylic acids is 1. The van der Waals surface area contributed by atoms with Crippen molar-refractivity contribution >= 4 is 17.2 Å². The second kappa shape index (κ2) is 6.63. The maximum Gasteiger partial charge on any atom is 0.341 e. The Hall–Kier alpha value is -2.00. The zero-order valence-electron chi connectivity index (χ0n) is 13.2. The van der Waals surface area contributed by atoms with Crippen molar-refractivity contribution in [3.63, 3.8) is 0 Å². The molecule has 1 aliphatic heterocycles. The van der Waals surface area contributed by atoms with Crippen LogP contribution >= 0.6 is 11.3 Å². The van der Waals surface area contributed by atoms with Crippen LogP contribution in [0.15, 0.2) is 10.3 Å². The highest BCUT2D eigenvalue weighted by atomic mass is 32.1. The lowest BCUT2D eigenvalue weighted by atomic mass is 10.1. The van der Waals surface area contributed by atoms with E-state index in [1.807, 2.05) is 12.4 Å². The van der Waals surface area contributed by atoms with E-state index in [2.05, 4.69) is 32.1 Å². The van der Waals surface area contributed by atoms with Gasteiger partial charge < -0.3 is 9.80 Å². The number of H-pyrrole nitrogens is 2. The molecule has 0 spiro atoms. The van der Waals surface area contributed by atoms with E-state index in [1.165, 1.54) is 4.88 Å². The number of hydrogen-bond acceptors (Lipinski definition) is 6. The monoisotopic (exact) mass is 336 g/mol. The SMILES string of the molecule is Cc1ncsc1CN(C)CC1CCN(C(=O)c2n[nH]c(=O)[nH]2)C1. The van der Waals surface area contributed by atoms with E-state index >= 15 is 0 Å². The second-order valence-corrected chi connectivity index (χ2v) is 6.93. The zero-order valence-corrected chi connectivity index (χ0v) is 14.0. The molecule has 1 aliphatic rings. The van der Waals surface area contributed by atoms with E-state index in [1.54, 1.807) is 16.2 Å². The number of thiazole rings is 1. The molecule has 1 atom stereocenters. The molecule has 2 aromatic heterocycles. The van der Waals surface area contributed by atoms with Crippen molar-refractivity contribution in [2.45, 2.75) is 19.9 Å². The summed E-state index contributed by atoms with van der Waals surface area (Å²) in [7, 11) is 2.09. The average molecular weight is 336 g/mol. The van der Waals surface area contributed by atoms with Crippen molar-refractivity contribution < 1.29 is 4.79 Å². The fraction of sp³-hybridized carbons (Fsp3) is 0.571. The molecule has 124 valence electrons. The summed E-state index contributed by atoms with van der Waals surface area (Å²) < 4.78 is 0. The summed E-state index contributed by atoms with van der Waals surface area (Å²) in [6, 6.07) is 0. The smallest absolute Gasteiger partial charge is 0.336 e. The minimum Gasteiger partial charge on any atom is -0.336 e. The van der Waals surface area contributed by atoms with Crippen LogP contribution in [-0.4, -0.2) is 62.6 Å². The van der Waals surface area contributed by atoms with Crippen LogP contribution in [0.3, 0.4) is 0 Å². The molecule has 9 heteroatoms. The molecule has 3 heterocycles. The Bertz CT molecular complexity index is 735. The second-order valence-electron chi connectivity index (χ2n) is 5.99. The molecule has 0 radical (unpaired) electrons. The molecule has 2 N–H and O–H groups in total. The molecule has 0 aromatic carbocycles. The van der Waals surface area contributed by atoms with Gasteiger partial charge in [-0.05, 0) is 26.3 Å². The van der Waals surface area contributed by atoms with Crippen molar-refractivity contribution in [1.29, 1.82) is 0 Å². The first-order valence-corrected chi connectivity index (χ1v) is 8.42. The van der Waals surface area contributed by atoms with Gasteiger partial charge in [0.2, 0.25) is 5.82 Å². The fourth-order valence-corrected chi connectivity index (χ4v) is 3.77. The zero-order chi connectivity index (χ0) is 16.4. The Balaban J connectivity index is 1.52. The highest BCUT2D eigenvalue weighted by Crippen LogP contribution is 2.20. The van der Waals surface area contributed by atoms with E-state index in [-0.39, 0.29) is 11.7 Å². The first-order valence-electron chi connectivity index (χ1n) is 7.54.